The number of ketones is 1. The molecule has 0 N–H and O–H groups in total. The maximum Gasteiger partial charge on any atom is 0.254 e. The smallest absolute Gasteiger partial charge is 0.254 e. The largest absolute Gasteiger partial charge is 0.295 e. The molecule has 0 heterocycles. The number of Topliss-reactive ketones (excluding diaryl/α,β-unsaturated/α-hetero) is 1. The number of hydrogen-bond acceptors (Lipinski definition) is 1. The van der Waals surface area contributed by atoms with Crippen molar-refractivity contribution in [2.75, 3.05) is 0 Å². The highest BCUT2D eigenvalue weighted by Gasteiger charge is 2.59. The SMILES string of the molecule is CC(=O)c1ccc(C2(C(C)(F)F)CC2)cc1. The Hall–Kier alpha value is -1.25. The second-order valence-corrected chi connectivity index (χ2v) is 4.60. The van der Waals surface area contributed by atoms with Gasteiger partial charge in [0.1, 0.15) is 0 Å². The van der Waals surface area contributed by atoms with Crippen molar-refractivity contribution in [1.29, 1.82) is 0 Å². The zero-order valence-corrected chi connectivity index (χ0v) is 9.39. The minimum atomic E-state index is -2.69. The van der Waals surface area contributed by atoms with E-state index in [4.69, 9.17) is 0 Å². The van der Waals surface area contributed by atoms with E-state index in [0.29, 0.717) is 24.0 Å². The van der Waals surface area contributed by atoms with Crippen LogP contribution in [0.5, 0.6) is 0 Å². The maximum atomic E-state index is 13.4. The Morgan fingerprint density at radius 3 is 2.06 bits per heavy atom. The van der Waals surface area contributed by atoms with Crippen LogP contribution in [0.3, 0.4) is 0 Å². The number of carbonyl (C=O) groups is 1. The highest BCUT2D eigenvalue weighted by Crippen LogP contribution is 2.57. The van der Waals surface area contributed by atoms with Gasteiger partial charge in [-0.3, -0.25) is 4.79 Å². The van der Waals surface area contributed by atoms with Gasteiger partial charge in [-0.15, -0.1) is 0 Å². The molecule has 0 bridgehead atoms. The van der Waals surface area contributed by atoms with Gasteiger partial charge in [0.2, 0.25) is 0 Å². The minimum Gasteiger partial charge on any atom is -0.295 e. The molecule has 16 heavy (non-hydrogen) atoms. The van der Waals surface area contributed by atoms with Crippen LogP contribution in [0.1, 0.15) is 42.6 Å². The standard InChI is InChI=1S/C13H14F2O/c1-9(16)10-3-5-11(6-4-10)13(7-8-13)12(2,14)15/h3-6H,7-8H2,1-2H3. The Morgan fingerprint density at radius 2 is 1.75 bits per heavy atom. The molecule has 3 heteroatoms. The van der Waals surface area contributed by atoms with Gasteiger partial charge in [-0.2, -0.15) is 0 Å². The second kappa shape index (κ2) is 3.37. The first-order chi connectivity index (χ1) is 7.37. The van der Waals surface area contributed by atoms with Gasteiger partial charge < -0.3 is 0 Å². The van der Waals surface area contributed by atoms with Gasteiger partial charge in [0.25, 0.3) is 5.92 Å². The summed E-state index contributed by atoms with van der Waals surface area (Å²) >= 11 is 0. The lowest BCUT2D eigenvalue weighted by molar-refractivity contribution is -0.0199. The van der Waals surface area contributed by atoms with Crippen LogP contribution in [0.4, 0.5) is 8.78 Å². The minimum absolute atomic E-state index is 0.0420. The Bertz CT molecular complexity index is 411. The van der Waals surface area contributed by atoms with Gasteiger partial charge >= 0.3 is 0 Å². The van der Waals surface area contributed by atoms with Crippen molar-refractivity contribution in [3.05, 3.63) is 35.4 Å². The van der Waals surface area contributed by atoms with Gasteiger partial charge in [-0.25, -0.2) is 8.78 Å². The first-order valence-corrected chi connectivity index (χ1v) is 5.36. The summed E-state index contributed by atoms with van der Waals surface area (Å²) in [5.41, 5.74) is 0.228. The average Bonchev–Trinajstić information content (AvgIpc) is 2.97. The average molecular weight is 224 g/mol. The van der Waals surface area contributed by atoms with E-state index in [2.05, 4.69) is 0 Å². The summed E-state index contributed by atoms with van der Waals surface area (Å²) < 4.78 is 26.9. The highest BCUT2D eigenvalue weighted by molar-refractivity contribution is 5.94. The number of alkyl halides is 2. The number of hydrogen-bond donors (Lipinski definition) is 0. The molecule has 1 aromatic rings. The van der Waals surface area contributed by atoms with Crippen molar-refractivity contribution < 1.29 is 13.6 Å². The highest BCUT2D eigenvalue weighted by atomic mass is 19.3. The lowest BCUT2D eigenvalue weighted by Crippen LogP contribution is -2.30. The van der Waals surface area contributed by atoms with Gasteiger partial charge in [0.05, 0.1) is 5.41 Å². The third kappa shape index (κ3) is 1.64. The molecule has 1 aliphatic rings. The van der Waals surface area contributed by atoms with E-state index in [0.717, 1.165) is 6.92 Å². The Kier molecular flexibility index (Phi) is 2.37. The summed E-state index contributed by atoms with van der Waals surface area (Å²) in [5, 5.41) is 0. The molecule has 1 nitrogen and oxygen atoms in total. The summed E-state index contributed by atoms with van der Waals surface area (Å²) in [6.45, 7) is 2.44. The molecule has 1 aliphatic carbocycles. The number of rotatable bonds is 3. The molecule has 2 rings (SSSR count). The van der Waals surface area contributed by atoms with E-state index in [1.54, 1.807) is 24.3 Å². The predicted octanol–water partition coefficient (Wildman–Crippen LogP) is 3.58. The van der Waals surface area contributed by atoms with Crippen molar-refractivity contribution in [1.82, 2.24) is 0 Å². The molecule has 0 unspecified atom stereocenters. The molecule has 86 valence electrons. The van der Waals surface area contributed by atoms with Crippen LogP contribution in [0.2, 0.25) is 0 Å². The molecule has 1 aromatic carbocycles. The topological polar surface area (TPSA) is 17.1 Å². The second-order valence-electron chi connectivity index (χ2n) is 4.60. The molecule has 0 aliphatic heterocycles. The van der Waals surface area contributed by atoms with Crippen molar-refractivity contribution in [3.63, 3.8) is 0 Å². The fraction of sp³-hybridized carbons (Fsp3) is 0.462. The van der Waals surface area contributed by atoms with Crippen LogP contribution in [-0.2, 0) is 5.41 Å². The Balaban J connectivity index is 2.33. The van der Waals surface area contributed by atoms with Crippen LogP contribution in [-0.4, -0.2) is 11.7 Å². The zero-order valence-electron chi connectivity index (χ0n) is 9.39. The number of benzene rings is 1. The van der Waals surface area contributed by atoms with Crippen LogP contribution >= 0.6 is 0 Å². The maximum absolute atomic E-state index is 13.4. The molecule has 0 radical (unpaired) electrons. The first kappa shape index (κ1) is 11.2. The van der Waals surface area contributed by atoms with E-state index in [-0.39, 0.29) is 5.78 Å². The third-order valence-electron chi connectivity index (χ3n) is 3.43. The molecule has 0 amide bonds. The Labute approximate surface area is 93.5 Å². The molecule has 0 aromatic heterocycles. The zero-order chi connectivity index (χ0) is 12.0. The van der Waals surface area contributed by atoms with Crippen molar-refractivity contribution in [2.45, 2.75) is 38.0 Å². The molecular weight excluding hydrogens is 210 g/mol. The summed E-state index contributed by atoms with van der Waals surface area (Å²) in [7, 11) is 0. The van der Waals surface area contributed by atoms with Gasteiger partial charge in [-0.1, -0.05) is 24.3 Å². The van der Waals surface area contributed by atoms with Crippen molar-refractivity contribution >= 4 is 5.78 Å². The lowest BCUT2D eigenvalue weighted by Gasteiger charge is -2.23. The van der Waals surface area contributed by atoms with Crippen molar-refractivity contribution in [2.24, 2.45) is 0 Å². The first-order valence-electron chi connectivity index (χ1n) is 5.36. The Morgan fingerprint density at radius 1 is 1.25 bits per heavy atom. The van der Waals surface area contributed by atoms with E-state index in [9.17, 15) is 13.6 Å². The monoisotopic (exact) mass is 224 g/mol. The summed E-state index contributed by atoms with van der Waals surface area (Å²) in [5.74, 6) is -2.73. The molecule has 0 spiro atoms. The molecule has 0 saturated heterocycles. The summed E-state index contributed by atoms with van der Waals surface area (Å²) in [6.07, 6.45) is 1.05. The normalized spacial score (nSPS) is 18.2. The molecular formula is C13H14F2O. The van der Waals surface area contributed by atoms with Crippen molar-refractivity contribution in [3.8, 4) is 0 Å². The number of carbonyl (C=O) groups excluding carboxylic acids is 1. The van der Waals surface area contributed by atoms with E-state index < -0.39 is 11.3 Å². The molecule has 1 saturated carbocycles. The van der Waals surface area contributed by atoms with Crippen LogP contribution in [0, 0.1) is 0 Å². The van der Waals surface area contributed by atoms with E-state index >= 15 is 0 Å². The lowest BCUT2D eigenvalue weighted by atomic mass is 9.89. The van der Waals surface area contributed by atoms with Crippen LogP contribution < -0.4 is 0 Å². The van der Waals surface area contributed by atoms with E-state index in [1.165, 1.54) is 6.92 Å². The quantitative estimate of drug-likeness (QED) is 0.717. The van der Waals surface area contributed by atoms with Gasteiger partial charge in [-0.05, 0) is 25.3 Å². The van der Waals surface area contributed by atoms with Gasteiger partial charge in [0.15, 0.2) is 5.78 Å². The van der Waals surface area contributed by atoms with E-state index in [1.807, 2.05) is 0 Å². The summed E-state index contributed by atoms with van der Waals surface area (Å²) in [6, 6.07) is 6.56. The molecule has 1 fully saturated rings. The fourth-order valence-electron chi connectivity index (χ4n) is 2.13. The van der Waals surface area contributed by atoms with Crippen LogP contribution in [0.15, 0.2) is 24.3 Å². The number of halogens is 2. The third-order valence-corrected chi connectivity index (χ3v) is 3.43. The molecule has 0 atom stereocenters. The summed E-state index contributed by atoms with van der Waals surface area (Å²) in [4.78, 5) is 11.1. The van der Waals surface area contributed by atoms with Gasteiger partial charge in [0, 0.05) is 12.5 Å². The fourth-order valence-corrected chi connectivity index (χ4v) is 2.13. The predicted molar refractivity (Wildman–Crippen MR) is 58.0 cm³/mol. The van der Waals surface area contributed by atoms with Crippen LogP contribution in [0.25, 0.3) is 0 Å².